The van der Waals surface area contributed by atoms with E-state index in [1.54, 1.807) is 25.8 Å². The summed E-state index contributed by atoms with van der Waals surface area (Å²) in [4.78, 5) is 12.5. The molecule has 0 aliphatic heterocycles. The van der Waals surface area contributed by atoms with Crippen LogP contribution in [0.15, 0.2) is 43.1 Å². The smallest absolute Gasteiger partial charge is 0.316 e. The second-order valence-electron chi connectivity index (χ2n) is 4.23. The molecule has 3 rings (SSSR count). The zero-order valence-electron chi connectivity index (χ0n) is 11.1. The van der Waals surface area contributed by atoms with E-state index < -0.39 is 0 Å². The molecular weight excluding hydrogens is 256 g/mol. The lowest BCUT2D eigenvalue weighted by Gasteiger charge is -2.06. The van der Waals surface area contributed by atoms with Crippen molar-refractivity contribution >= 4 is 10.9 Å². The lowest BCUT2D eigenvalue weighted by Crippen LogP contribution is -2.08. The van der Waals surface area contributed by atoms with Gasteiger partial charge in [-0.05, 0) is 12.1 Å². The number of fused-ring (bicyclic) bond motifs is 1. The topological polar surface area (TPSA) is 62.1 Å². The highest BCUT2D eigenvalue weighted by atomic mass is 16.5. The summed E-state index contributed by atoms with van der Waals surface area (Å²) < 4.78 is 12.7. The molecule has 0 unspecified atom stereocenters. The fourth-order valence-electron chi connectivity index (χ4n) is 1.84. The van der Waals surface area contributed by atoms with Crippen LogP contribution in [0.5, 0.6) is 11.8 Å². The Hall–Kier alpha value is -2.63. The van der Waals surface area contributed by atoms with E-state index in [0.717, 1.165) is 16.7 Å². The first kappa shape index (κ1) is 12.4. The summed E-state index contributed by atoms with van der Waals surface area (Å²) in [5, 5.41) is 0.952. The molecule has 0 aliphatic rings. The Morgan fingerprint density at radius 2 is 2.25 bits per heavy atom. The van der Waals surface area contributed by atoms with E-state index in [2.05, 4.69) is 15.0 Å². The van der Waals surface area contributed by atoms with Crippen LogP contribution in [0.2, 0.25) is 0 Å². The van der Waals surface area contributed by atoms with Gasteiger partial charge in [-0.3, -0.25) is 0 Å². The van der Waals surface area contributed by atoms with Gasteiger partial charge in [0, 0.05) is 30.0 Å². The van der Waals surface area contributed by atoms with Crippen LogP contribution in [0.1, 0.15) is 0 Å². The molecule has 6 heteroatoms. The number of benzene rings is 1. The van der Waals surface area contributed by atoms with Crippen molar-refractivity contribution in [3.8, 4) is 11.8 Å². The molecular formula is C14H14N4O2. The van der Waals surface area contributed by atoms with Gasteiger partial charge in [0.15, 0.2) is 0 Å². The first-order valence-corrected chi connectivity index (χ1v) is 6.24. The molecule has 0 fully saturated rings. The zero-order valence-corrected chi connectivity index (χ0v) is 11.1. The quantitative estimate of drug-likeness (QED) is 0.708. The number of hydrogen-bond acceptors (Lipinski definition) is 5. The second-order valence-corrected chi connectivity index (χ2v) is 4.23. The number of hydrogen-bond donors (Lipinski definition) is 0. The molecule has 2 heterocycles. The van der Waals surface area contributed by atoms with Crippen LogP contribution in [0.25, 0.3) is 10.9 Å². The molecule has 0 N–H and O–H groups in total. The molecule has 3 aromatic rings. The van der Waals surface area contributed by atoms with Crippen LogP contribution in [0, 0.1) is 0 Å². The summed E-state index contributed by atoms with van der Waals surface area (Å²) in [6, 6.07) is 6.03. The van der Waals surface area contributed by atoms with Gasteiger partial charge in [-0.25, -0.2) is 9.97 Å². The van der Waals surface area contributed by atoms with Crippen molar-refractivity contribution < 1.29 is 9.47 Å². The van der Waals surface area contributed by atoms with Crippen LogP contribution in [0.4, 0.5) is 0 Å². The number of rotatable bonds is 5. The molecule has 0 aliphatic carbocycles. The van der Waals surface area contributed by atoms with Gasteiger partial charge in [0.1, 0.15) is 12.4 Å². The molecule has 0 atom stereocenters. The molecule has 20 heavy (non-hydrogen) atoms. The predicted molar refractivity (Wildman–Crippen MR) is 73.8 cm³/mol. The zero-order chi connectivity index (χ0) is 13.8. The Morgan fingerprint density at radius 1 is 1.30 bits per heavy atom. The highest BCUT2D eigenvalue weighted by molar-refractivity contribution is 5.79. The van der Waals surface area contributed by atoms with Crippen LogP contribution in [-0.4, -0.2) is 33.2 Å². The Balaban J connectivity index is 1.71. The molecule has 0 bridgehead atoms. The number of methoxy groups -OCH3 is 1. The Bertz CT molecular complexity index is 697. The predicted octanol–water partition coefficient (Wildman–Crippen LogP) is 1.91. The van der Waals surface area contributed by atoms with Gasteiger partial charge in [-0.1, -0.05) is 0 Å². The number of aromatic nitrogens is 4. The van der Waals surface area contributed by atoms with E-state index in [0.29, 0.717) is 19.2 Å². The Labute approximate surface area is 116 Å². The summed E-state index contributed by atoms with van der Waals surface area (Å²) in [6.07, 6.45) is 7.11. The van der Waals surface area contributed by atoms with Crippen LogP contribution < -0.4 is 9.47 Å². The number of nitrogens with zero attached hydrogens (tertiary/aromatic N) is 4. The molecule has 6 nitrogen and oxygen atoms in total. The standard InChI is InChI=1S/C14H14N4O2/c1-19-12-3-2-11-9-16-14(17-13(11)8-12)20-7-6-18-5-4-15-10-18/h2-5,8-10H,6-7H2,1H3. The van der Waals surface area contributed by atoms with Gasteiger partial charge in [0.2, 0.25) is 0 Å². The van der Waals surface area contributed by atoms with Crippen molar-refractivity contribution in [1.82, 2.24) is 19.5 Å². The van der Waals surface area contributed by atoms with Gasteiger partial charge in [0.25, 0.3) is 0 Å². The van der Waals surface area contributed by atoms with Gasteiger partial charge in [0.05, 0.1) is 25.5 Å². The SMILES string of the molecule is COc1ccc2cnc(OCCn3ccnc3)nc2c1. The third-order valence-corrected chi connectivity index (χ3v) is 2.91. The van der Waals surface area contributed by atoms with E-state index in [1.165, 1.54) is 0 Å². The van der Waals surface area contributed by atoms with Crippen LogP contribution in [-0.2, 0) is 6.54 Å². The van der Waals surface area contributed by atoms with E-state index in [-0.39, 0.29) is 0 Å². The lowest BCUT2D eigenvalue weighted by molar-refractivity contribution is 0.277. The monoisotopic (exact) mass is 270 g/mol. The average Bonchev–Trinajstić information content (AvgIpc) is 3.00. The van der Waals surface area contributed by atoms with Crippen molar-refractivity contribution in [3.63, 3.8) is 0 Å². The molecule has 0 saturated heterocycles. The third kappa shape index (κ3) is 2.69. The maximum absolute atomic E-state index is 5.55. The summed E-state index contributed by atoms with van der Waals surface area (Å²) >= 11 is 0. The minimum absolute atomic E-state index is 0.367. The van der Waals surface area contributed by atoms with E-state index in [4.69, 9.17) is 9.47 Å². The van der Waals surface area contributed by atoms with Crippen molar-refractivity contribution in [2.45, 2.75) is 6.54 Å². The minimum atomic E-state index is 0.367. The minimum Gasteiger partial charge on any atom is -0.497 e. The fourth-order valence-corrected chi connectivity index (χ4v) is 1.84. The van der Waals surface area contributed by atoms with E-state index in [1.807, 2.05) is 29.0 Å². The third-order valence-electron chi connectivity index (χ3n) is 2.91. The van der Waals surface area contributed by atoms with Gasteiger partial charge >= 0.3 is 6.01 Å². The molecule has 2 aromatic heterocycles. The average molecular weight is 270 g/mol. The van der Waals surface area contributed by atoms with Gasteiger partial charge in [-0.2, -0.15) is 4.98 Å². The molecule has 0 spiro atoms. The Morgan fingerprint density at radius 3 is 3.05 bits per heavy atom. The normalized spacial score (nSPS) is 10.7. The largest absolute Gasteiger partial charge is 0.497 e. The molecule has 0 amide bonds. The van der Waals surface area contributed by atoms with Crippen molar-refractivity contribution in [2.75, 3.05) is 13.7 Å². The molecule has 1 aromatic carbocycles. The van der Waals surface area contributed by atoms with Crippen molar-refractivity contribution in [1.29, 1.82) is 0 Å². The number of imidazole rings is 1. The molecule has 0 radical (unpaired) electrons. The fraction of sp³-hybridized carbons (Fsp3) is 0.214. The summed E-state index contributed by atoms with van der Waals surface area (Å²) in [5.74, 6) is 0.764. The highest BCUT2D eigenvalue weighted by Gasteiger charge is 2.02. The summed E-state index contributed by atoms with van der Waals surface area (Å²) in [5.41, 5.74) is 0.803. The number of ether oxygens (including phenoxy) is 2. The Kier molecular flexibility index (Phi) is 3.45. The van der Waals surface area contributed by atoms with Gasteiger partial charge in [-0.15, -0.1) is 0 Å². The molecule has 102 valence electrons. The van der Waals surface area contributed by atoms with Gasteiger partial charge < -0.3 is 14.0 Å². The summed E-state index contributed by atoms with van der Waals surface area (Å²) in [7, 11) is 1.63. The van der Waals surface area contributed by atoms with E-state index in [9.17, 15) is 0 Å². The summed E-state index contributed by atoms with van der Waals surface area (Å²) in [6.45, 7) is 1.20. The van der Waals surface area contributed by atoms with Crippen LogP contribution >= 0.6 is 0 Å². The van der Waals surface area contributed by atoms with Crippen LogP contribution in [0.3, 0.4) is 0 Å². The highest BCUT2D eigenvalue weighted by Crippen LogP contribution is 2.19. The van der Waals surface area contributed by atoms with Crippen molar-refractivity contribution in [3.05, 3.63) is 43.1 Å². The second kappa shape index (κ2) is 5.56. The van der Waals surface area contributed by atoms with Crippen molar-refractivity contribution in [2.24, 2.45) is 0 Å². The first-order valence-electron chi connectivity index (χ1n) is 6.24. The van der Waals surface area contributed by atoms with E-state index >= 15 is 0 Å². The first-order chi connectivity index (χ1) is 9.85. The maximum Gasteiger partial charge on any atom is 0.316 e. The molecule has 0 saturated carbocycles. The lowest BCUT2D eigenvalue weighted by atomic mass is 10.2. The maximum atomic E-state index is 5.55.